The smallest absolute Gasteiger partial charge is 0.264 e. The Balaban J connectivity index is 2.46. The highest BCUT2D eigenvalue weighted by atomic mass is 35.5. The SMILES string of the molecule is CC(C)=NNC(=O)CN(c1ccc(C)c(Cl)c1)S(=O)(=O)c1ccccc1. The lowest BCUT2D eigenvalue weighted by Crippen LogP contribution is -2.39. The van der Waals surface area contributed by atoms with E-state index in [4.69, 9.17) is 11.6 Å². The van der Waals surface area contributed by atoms with Crippen LogP contribution in [0.15, 0.2) is 58.5 Å². The van der Waals surface area contributed by atoms with Crippen LogP contribution in [0.1, 0.15) is 19.4 Å². The van der Waals surface area contributed by atoms with Gasteiger partial charge >= 0.3 is 0 Å². The van der Waals surface area contributed by atoms with Crippen LogP contribution in [0.3, 0.4) is 0 Å². The number of carbonyl (C=O) groups is 1. The molecule has 0 aromatic heterocycles. The van der Waals surface area contributed by atoms with Crippen molar-refractivity contribution in [3.05, 3.63) is 59.1 Å². The molecule has 2 rings (SSSR count). The molecule has 138 valence electrons. The Labute approximate surface area is 158 Å². The van der Waals surface area contributed by atoms with Crippen LogP contribution in [-0.4, -0.2) is 26.6 Å². The van der Waals surface area contributed by atoms with Crippen molar-refractivity contribution in [3.8, 4) is 0 Å². The summed E-state index contributed by atoms with van der Waals surface area (Å²) >= 11 is 6.15. The highest BCUT2D eigenvalue weighted by Crippen LogP contribution is 2.27. The first-order valence-corrected chi connectivity index (χ1v) is 9.67. The monoisotopic (exact) mass is 393 g/mol. The minimum Gasteiger partial charge on any atom is -0.271 e. The standard InChI is InChI=1S/C18H20ClN3O3S/c1-13(2)20-21-18(23)12-22(15-10-9-14(3)17(19)11-15)26(24,25)16-7-5-4-6-8-16/h4-11H,12H2,1-3H3,(H,21,23). The summed E-state index contributed by atoms with van der Waals surface area (Å²) in [6.45, 7) is 4.83. The highest BCUT2D eigenvalue weighted by Gasteiger charge is 2.27. The van der Waals surface area contributed by atoms with Gasteiger partial charge in [-0.15, -0.1) is 0 Å². The molecule has 0 heterocycles. The zero-order valence-electron chi connectivity index (χ0n) is 14.7. The maximum absolute atomic E-state index is 13.1. The average Bonchev–Trinajstić information content (AvgIpc) is 2.61. The van der Waals surface area contributed by atoms with Gasteiger partial charge in [-0.2, -0.15) is 5.10 Å². The molecule has 8 heteroatoms. The van der Waals surface area contributed by atoms with Crippen LogP contribution in [0, 0.1) is 6.92 Å². The average molecular weight is 394 g/mol. The Bertz CT molecular complexity index is 924. The quantitative estimate of drug-likeness (QED) is 0.603. The topological polar surface area (TPSA) is 78.8 Å². The summed E-state index contributed by atoms with van der Waals surface area (Å²) in [5.41, 5.74) is 4.10. The van der Waals surface area contributed by atoms with Crippen molar-refractivity contribution >= 4 is 38.9 Å². The lowest BCUT2D eigenvalue weighted by atomic mass is 10.2. The van der Waals surface area contributed by atoms with Crippen LogP contribution in [0.25, 0.3) is 0 Å². The summed E-state index contributed by atoms with van der Waals surface area (Å²) in [5, 5.41) is 4.24. The third kappa shape index (κ3) is 4.83. The summed E-state index contributed by atoms with van der Waals surface area (Å²) in [6, 6.07) is 12.8. The van der Waals surface area contributed by atoms with Crippen molar-refractivity contribution in [2.75, 3.05) is 10.8 Å². The predicted octanol–water partition coefficient (Wildman–Crippen LogP) is 3.36. The Morgan fingerprint density at radius 3 is 2.38 bits per heavy atom. The third-order valence-electron chi connectivity index (χ3n) is 3.47. The molecule has 2 aromatic rings. The van der Waals surface area contributed by atoms with E-state index in [1.807, 2.05) is 6.92 Å². The predicted molar refractivity (Wildman–Crippen MR) is 104 cm³/mol. The number of hydrogen-bond acceptors (Lipinski definition) is 4. The van der Waals surface area contributed by atoms with E-state index in [9.17, 15) is 13.2 Å². The van der Waals surface area contributed by atoms with Gasteiger partial charge in [-0.25, -0.2) is 13.8 Å². The second kappa shape index (κ2) is 8.33. The molecule has 0 unspecified atom stereocenters. The van der Waals surface area contributed by atoms with Crippen molar-refractivity contribution in [1.82, 2.24) is 5.43 Å². The number of rotatable bonds is 6. The van der Waals surface area contributed by atoms with Gasteiger partial charge in [0.2, 0.25) is 0 Å². The number of carbonyl (C=O) groups excluding carboxylic acids is 1. The maximum Gasteiger partial charge on any atom is 0.264 e. The van der Waals surface area contributed by atoms with Crippen molar-refractivity contribution in [3.63, 3.8) is 0 Å². The van der Waals surface area contributed by atoms with Crippen molar-refractivity contribution in [2.24, 2.45) is 5.10 Å². The molecule has 0 aliphatic carbocycles. The summed E-state index contributed by atoms with van der Waals surface area (Å²) in [7, 11) is -3.95. The largest absolute Gasteiger partial charge is 0.271 e. The molecule has 26 heavy (non-hydrogen) atoms. The second-order valence-corrected chi connectivity index (χ2v) is 8.12. The van der Waals surface area contributed by atoms with Gasteiger partial charge in [0.05, 0.1) is 10.6 Å². The minimum absolute atomic E-state index is 0.0830. The molecular formula is C18H20ClN3O3S. The van der Waals surface area contributed by atoms with Crippen LogP contribution in [-0.2, 0) is 14.8 Å². The molecule has 1 amide bonds. The summed E-state index contributed by atoms with van der Waals surface area (Å²) in [5.74, 6) is -0.553. The fourth-order valence-corrected chi connectivity index (χ4v) is 3.72. The van der Waals surface area contributed by atoms with E-state index < -0.39 is 22.5 Å². The number of amides is 1. The second-order valence-electron chi connectivity index (χ2n) is 5.85. The normalized spacial score (nSPS) is 10.9. The van der Waals surface area contributed by atoms with Gasteiger partial charge in [-0.3, -0.25) is 9.10 Å². The van der Waals surface area contributed by atoms with Crippen LogP contribution in [0.2, 0.25) is 5.02 Å². The number of nitrogens with zero attached hydrogens (tertiary/aromatic N) is 2. The van der Waals surface area contributed by atoms with E-state index in [2.05, 4.69) is 10.5 Å². The first-order valence-electron chi connectivity index (χ1n) is 7.85. The summed E-state index contributed by atoms with van der Waals surface area (Å²) in [6.07, 6.45) is 0. The van der Waals surface area contributed by atoms with Crippen molar-refractivity contribution in [1.29, 1.82) is 0 Å². The Morgan fingerprint density at radius 2 is 1.81 bits per heavy atom. The van der Waals surface area contributed by atoms with Gasteiger partial charge in [0.15, 0.2) is 0 Å². The van der Waals surface area contributed by atoms with Gasteiger partial charge < -0.3 is 0 Å². The van der Waals surface area contributed by atoms with E-state index in [0.717, 1.165) is 9.87 Å². The number of benzene rings is 2. The number of aryl methyl sites for hydroxylation is 1. The molecule has 0 bridgehead atoms. The number of nitrogens with one attached hydrogen (secondary N) is 1. The Hall–Kier alpha value is -2.38. The molecule has 0 fully saturated rings. The van der Waals surface area contributed by atoms with E-state index in [-0.39, 0.29) is 4.90 Å². The lowest BCUT2D eigenvalue weighted by Gasteiger charge is -2.24. The molecule has 1 N–H and O–H groups in total. The first kappa shape index (κ1) is 19.9. The molecule has 0 atom stereocenters. The number of hydrogen-bond donors (Lipinski definition) is 1. The number of sulfonamides is 1. The molecular weight excluding hydrogens is 374 g/mol. The molecule has 0 spiro atoms. The van der Waals surface area contributed by atoms with Crippen LogP contribution < -0.4 is 9.73 Å². The van der Waals surface area contributed by atoms with Gasteiger partial charge in [0.1, 0.15) is 6.54 Å². The maximum atomic E-state index is 13.1. The summed E-state index contributed by atoms with van der Waals surface area (Å²) < 4.78 is 27.2. The van der Waals surface area contributed by atoms with Gasteiger partial charge in [0.25, 0.3) is 15.9 Å². The highest BCUT2D eigenvalue weighted by molar-refractivity contribution is 7.92. The zero-order valence-corrected chi connectivity index (χ0v) is 16.3. The van der Waals surface area contributed by atoms with Crippen molar-refractivity contribution < 1.29 is 13.2 Å². The number of hydrazone groups is 1. The van der Waals surface area contributed by atoms with E-state index in [0.29, 0.717) is 16.4 Å². The molecule has 0 saturated carbocycles. The Morgan fingerprint density at radius 1 is 1.15 bits per heavy atom. The molecule has 2 aromatic carbocycles. The number of halogens is 1. The number of anilines is 1. The minimum atomic E-state index is -3.95. The fourth-order valence-electron chi connectivity index (χ4n) is 2.11. The van der Waals surface area contributed by atoms with Gasteiger partial charge in [-0.05, 0) is 50.6 Å². The van der Waals surface area contributed by atoms with Crippen LogP contribution >= 0.6 is 11.6 Å². The molecule has 6 nitrogen and oxygen atoms in total. The summed E-state index contributed by atoms with van der Waals surface area (Å²) in [4.78, 5) is 12.3. The zero-order chi connectivity index (χ0) is 19.3. The van der Waals surface area contributed by atoms with Gasteiger partial charge in [-0.1, -0.05) is 35.9 Å². The van der Waals surface area contributed by atoms with E-state index >= 15 is 0 Å². The van der Waals surface area contributed by atoms with Crippen molar-refractivity contribution in [2.45, 2.75) is 25.7 Å². The van der Waals surface area contributed by atoms with Crippen LogP contribution in [0.5, 0.6) is 0 Å². The molecule has 0 saturated heterocycles. The van der Waals surface area contributed by atoms with Gasteiger partial charge in [0, 0.05) is 10.7 Å². The first-order chi connectivity index (χ1) is 12.2. The van der Waals surface area contributed by atoms with E-state index in [1.165, 1.54) is 18.2 Å². The third-order valence-corrected chi connectivity index (χ3v) is 5.66. The molecule has 0 radical (unpaired) electrons. The van der Waals surface area contributed by atoms with Crippen LogP contribution in [0.4, 0.5) is 5.69 Å². The molecule has 0 aliphatic heterocycles. The Kier molecular flexibility index (Phi) is 6.39. The molecule has 0 aliphatic rings. The lowest BCUT2D eigenvalue weighted by molar-refractivity contribution is -0.119. The van der Waals surface area contributed by atoms with E-state index in [1.54, 1.807) is 44.2 Å². The fraction of sp³-hybridized carbons (Fsp3) is 0.222.